The van der Waals surface area contributed by atoms with E-state index in [4.69, 9.17) is 4.74 Å². The first-order chi connectivity index (χ1) is 14.1. The highest BCUT2D eigenvalue weighted by Gasteiger charge is 2.10. The van der Waals surface area contributed by atoms with Crippen LogP contribution >= 0.6 is 0 Å². The lowest BCUT2D eigenvalue weighted by Gasteiger charge is -2.19. The predicted molar refractivity (Wildman–Crippen MR) is 115 cm³/mol. The van der Waals surface area contributed by atoms with Crippen molar-refractivity contribution < 1.29 is 18.7 Å². The van der Waals surface area contributed by atoms with Gasteiger partial charge in [0.2, 0.25) is 0 Å². The van der Waals surface area contributed by atoms with Gasteiger partial charge in [0.15, 0.2) is 0 Å². The van der Waals surface area contributed by atoms with Gasteiger partial charge in [-0.05, 0) is 56.5 Å². The standard InChI is InChI=1S/C23H30FN3O3/c1-16-8-9-19(13-20(16)24)21(28)25-10-11-26-22(29)27-14-17-6-5-7-18(12-17)15-30-23(2,3)4/h5-9,12-13H,10-11,14-15H2,1-4H3,(H,25,28)(H2,26,27,29). The van der Waals surface area contributed by atoms with Crippen molar-refractivity contribution in [1.29, 1.82) is 0 Å². The SMILES string of the molecule is Cc1ccc(C(=O)NCCNC(=O)NCc2cccc(COC(C)(C)C)c2)cc1F. The van der Waals surface area contributed by atoms with Gasteiger partial charge in [-0.25, -0.2) is 9.18 Å². The van der Waals surface area contributed by atoms with E-state index in [0.717, 1.165) is 11.1 Å². The lowest BCUT2D eigenvalue weighted by molar-refractivity contribution is -0.0149. The van der Waals surface area contributed by atoms with Crippen molar-refractivity contribution in [2.75, 3.05) is 13.1 Å². The van der Waals surface area contributed by atoms with Crippen LogP contribution in [0.2, 0.25) is 0 Å². The van der Waals surface area contributed by atoms with E-state index in [1.165, 1.54) is 6.07 Å². The van der Waals surface area contributed by atoms with Crippen LogP contribution in [0.25, 0.3) is 0 Å². The molecule has 6 nitrogen and oxygen atoms in total. The van der Waals surface area contributed by atoms with Crippen molar-refractivity contribution in [2.24, 2.45) is 0 Å². The van der Waals surface area contributed by atoms with Gasteiger partial charge < -0.3 is 20.7 Å². The molecule has 0 aliphatic carbocycles. The number of carbonyl (C=O) groups excluding carboxylic acids is 2. The molecule has 0 saturated heterocycles. The molecule has 0 bridgehead atoms. The minimum atomic E-state index is -0.422. The number of halogens is 1. The Morgan fingerprint density at radius 3 is 2.37 bits per heavy atom. The quantitative estimate of drug-likeness (QED) is 0.576. The van der Waals surface area contributed by atoms with Crippen molar-refractivity contribution in [3.63, 3.8) is 0 Å². The number of carbonyl (C=O) groups is 2. The van der Waals surface area contributed by atoms with E-state index in [2.05, 4.69) is 16.0 Å². The Morgan fingerprint density at radius 1 is 0.967 bits per heavy atom. The molecule has 30 heavy (non-hydrogen) atoms. The molecule has 0 unspecified atom stereocenters. The third-order valence-corrected chi connectivity index (χ3v) is 4.25. The number of amides is 3. The average molecular weight is 416 g/mol. The molecular weight excluding hydrogens is 385 g/mol. The molecule has 0 spiro atoms. The summed E-state index contributed by atoms with van der Waals surface area (Å²) in [7, 11) is 0. The lowest BCUT2D eigenvalue weighted by atomic mass is 10.1. The second kappa shape index (κ2) is 10.7. The van der Waals surface area contributed by atoms with Crippen LogP contribution < -0.4 is 16.0 Å². The molecule has 162 valence electrons. The van der Waals surface area contributed by atoms with E-state index in [9.17, 15) is 14.0 Å². The normalized spacial score (nSPS) is 11.1. The first-order valence-electron chi connectivity index (χ1n) is 9.92. The molecule has 3 N–H and O–H groups in total. The number of rotatable bonds is 8. The monoisotopic (exact) mass is 415 g/mol. The van der Waals surface area contributed by atoms with Crippen molar-refractivity contribution in [1.82, 2.24) is 16.0 Å². The van der Waals surface area contributed by atoms with E-state index in [1.54, 1.807) is 19.1 Å². The van der Waals surface area contributed by atoms with Gasteiger partial charge >= 0.3 is 6.03 Å². The topological polar surface area (TPSA) is 79.5 Å². The van der Waals surface area contributed by atoms with Gasteiger partial charge in [-0.1, -0.05) is 30.3 Å². The summed E-state index contributed by atoms with van der Waals surface area (Å²) in [6, 6.07) is 11.8. The molecule has 2 rings (SSSR count). The van der Waals surface area contributed by atoms with Crippen molar-refractivity contribution >= 4 is 11.9 Å². The van der Waals surface area contributed by atoms with E-state index in [0.29, 0.717) is 18.7 Å². The zero-order valence-corrected chi connectivity index (χ0v) is 18.0. The second-order valence-electron chi connectivity index (χ2n) is 8.05. The molecule has 2 aromatic rings. The van der Waals surface area contributed by atoms with E-state index in [1.807, 2.05) is 45.0 Å². The van der Waals surface area contributed by atoms with Crippen LogP contribution in [-0.4, -0.2) is 30.6 Å². The van der Waals surface area contributed by atoms with Gasteiger partial charge in [0.05, 0.1) is 12.2 Å². The number of urea groups is 1. The van der Waals surface area contributed by atoms with Crippen LogP contribution in [0.5, 0.6) is 0 Å². The largest absolute Gasteiger partial charge is 0.371 e. The molecule has 0 saturated carbocycles. The minimum Gasteiger partial charge on any atom is -0.371 e. The maximum atomic E-state index is 13.5. The Kier molecular flexibility index (Phi) is 8.35. The summed E-state index contributed by atoms with van der Waals surface area (Å²) >= 11 is 0. The molecule has 0 aliphatic heterocycles. The molecule has 0 atom stereocenters. The Labute approximate surface area is 177 Å². The molecule has 0 aromatic heterocycles. The number of nitrogens with one attached hydrogen (secondary N) is 3. The third-order valence-electron chi connectivity index (χ3n) is 4.25. The summed E-state index contributed by atoms with van der Waals surface area (Å²) in [6.45, 7) is 9.03. The number of ether oxygens (including phenoxy) is 1. The van der Waals surface area contributed by atoms with Crippen molar-refractivity contribution in [3.05, 3.63) is 70.5 Å². The molecular formula is C23H30FN3O3. The maximum Gasteiger partial charge on any atom is 0.315 e. The molecule has 7 heteroatoms. The van der Waals surface area contributed by atoms with Gasteiger partial charge in [-0.3, -0.25) is 4.79 Å². The predicted octanol–water partition coefficient (Wildman–Crippen LogP) is 3.68. The summed E-state index contributed by atoms with van der Waals surface area (Å²) in [5.74, 6) is -0.806. The van der Waals surface area contributed by atoms with Gasteiger partial charge in [0.1, 0.15) is 5.82 Å². The first kappa shape index (κ1) is 23.3. The van der Waals surface area contributed by atoms with Gasteiger partial charge in [-0.2, -0.15) is 0 Å². The number of benzene rings is 2. The van der Waals surface area contributed by atoms with E-state index in [-0.39, 0.29) is 36.2 Å². The fourth-order valence-electron chi connectivity index (χ4n) is 2.56. The van der Waals surface area contributed by atoms with Gasteiger partial charge in [-0.15, -0.1) is 0 Å². The van der Waals surface area contributed by atoms with Crippen LogP contribution in [-0.2, 0) is 17.9 Å². The summed E-state index contributed by atoms with van der Waals surface area (Å²) in [6.07, 6.45) is 0. The van der Waals surface area contributed by atoms with Crippen molar-refractivity contribution in [3.8, 4) is 0 Å². The van der Waals surface area contributed by atoms with Crippen LogP contribution in [0.3, 0.4) is 0 Å². The van der Waals surface area contributed by atoms with Crippen LogP contribution in [0.4, 0.5) is 9.18 Å². The van der Waals surface area contributed by atoms with Crippen LogP contribution in [0.1, 0.15) is 47.8 Å². The second-order valence-corrected chi connectivity index (χ2v) is 8.05. The average Bonchev–Trinajstić information content (AvgIpc) is 2.70. The van der Waals surface area contributed by atoms with Crippen LogP contribution in [0.15, 0.2) is 42.5 Å². The molecule has 0 aliphatic rings. The highest BCUT2D eigenvalue weighted by atomic mass is 19.1. The molecule has 2 aromatic carbocycles. The lowest BCUT2D eigenvalue weighted by Crippen LogP contribution is -2.40. The number of hydrogen-bond acceptors (Lipinski definition) is 3. The van der Waals surface area contributed by atoms with E-state index < -0.39 is 5.82 Å². The highest BCUT2D eigenvalue weighted by molar-refractivity contribution is 5.94. The van der Waals surface area contributed by atoms with E-state index >= 15 is 0 Å². The zero-order valence-electron chi connectivity index (χ0n) is 18.0. The van der Waals surface area contributed by atoms with Crippen LogP contribution in [0, 0.1) is 12.7 Å². The summed E-state index contributed by atoms with van der Waals surface area (Å²) < 4.78 is 19.3. The number of hydrogen-bond donors (Lipinski definition) is 3. The van der Waals surface area contributed by atoms with Crippen molar-refractivity contribution in [2.45, 2.75) is 46.4 Å². The Morgan fingerprint density at radius 2 is 1.67 bits per heavy atom. The molecule has 0 radical (unpaired) electrons. The fourth-order valence-corrected chi connectivity index (χ4v) is 2.56. The summed E-state index contributed by atoms with van der Waals surface area (Å²) in [4.78, 5) is 23.9. The maximum absolute atomic E-state index is 13.5. The highest BCUT2D eigenvalue weighted by Crippen LogP contribution is 2.13. The Bertz CT molecular complexity index is 878. The van der Waals surface area contributed by atoms with Gasteiger partial charge in [0.25, 0.3) is 5.91 Å². The molecule has 3 amide bonds. The third kappa shape index (κ3) is 8.21. The zero-order chi connectivity index (χ0) is 22.1. The minimum absolute atomic E-state index is 0.211. The Hall–Kier alpha value is -2.93. The number of aryl methyl sites for hydroxylation is 1. The first-order valence-corrected chi connectivity index (χ1v) is 9.92. The fraction of sp³-hybridized carbons (Fsp3) is 0.391. The molecule has 0 fully saturated rings. The smallest absolute Gasteiger partial charge is 0.315 e. The summed E-state index contributed by atoms with van der Waals surface area (Å²) in [5.41, 5.74) is 2.53. The molecule has 0 heterocycles. The summed E-state index contributed by atoms with van der Waals surface area (Å²) in [5, 5.41) is 8.10. The Balaban J connectivity index is 1.69. The van der Waals surface area contributed by atoms with Gasteiger partial charge in [0, 0.05) is 25.2 Å².